The predicted molar refractivity (Wildman–Crippen MR) is 108 cm³/mol. The van der Waals surface area contributed by atoms with E-state index in [1.54, 1.807) is 7.11 Å². The van der Waals surface area contributed by atoms with Crippen molar-refractivity contribution in [3.8, 4) is 0 Å². The Kier molecular flexibility index (Phi) is 5.37. The Morgan fingerprint density at radius 3 is 2.74 bits per heavy atom. The second-order valence-corrected chi connectivity index (χ2v) is 7.28. The maximum atomic E-state index is 13.1. The molecule has 1 fully saturated rings. The number of methoxy groups -OCH3 is 1. The lowest BCUT2D eigenvalue weighted by molar-refractivity contribution is 0.104. The molecule has 3 aromatic rings. The summed E-state index contributed by atoms with van der Waals surface area (Å²) in [7, 11) is 1.72. The van der Waals surface area contributed by atoms with Gasteiger partial charge in [-0.25, -0.2) is 0 Å². The van der Waals surface area contributed by atoms with Crippen LogP contribution in [0, 0.1) is 0 Å². The molecule has 1 N–H and O–H groups in total. The van der Waals surface area contributed by atoms with E-state index in [9.17, 15) is 4.79 Å². The second-order valence-electron chi connectivity index (χ2n) is 7.28. The minimum Gasteiger partial charge on any atom is -0.385 e. The highest BCUT2D eigenvalue weighted by Crippen LogP contribution is 2.26. The van der Waals surface area contributed by atoms with Crippen LogP contribution in [0.1, 0.15) is 40.7 Å². The number of aryl methyl sites for hydroxylation is 1. The van der Waals surface area contributed by atoms with E-state index in [1.807, 2.05) is 36.5 Å². The van der Waals surface area contributed by atoms with Crippen molar-refractivity contribution in [1.29, 1.82) is 0 Å². The van der Waals surface area contributed by atoms with Gasteiger partial charge in [0.1, 0.15) is 0 Å². The van der Waals surface area contributed by atoms with Gasteiger partial charge >= 0.3 is 0 Å². The lowest BCUT2D eigenvalue weighted by Gasteiger charge is -2.07. The van der Waals surface area contributed by atoms with Gasteiger partial charge in [0.05, 0.1) is 0 Å². The molecule has 0 radical (unpaired) electrons. The molecule has 1 aromatic heterocycles. The minimum absolute atomic E-state index is 0.0787. The normalized spacial score (nSPS) is 14.0. The SMILES string of the molecule is COCCCn1cc(C(=O)c2ccccc2)c2ccc(CNC3CC3)cc21. The van der Waals surface area contributed by atoms with E-state index < -0.39 is 0 Å². The summed E-state index contributed by atoms with van der Waals surface area (Å²) in [5.74, 6) is 0.0787. The number of nitrogens with one attached hydrogen (secondary N) is 1. The van der Waals surface area contributed by atoms with Crippen LogP contribution in [0.4, 0.5) is 0 Å². The van der Waals surface area contributed by atoms with Crippen molar-refractivity contribution in [2.75, 3.05) is 13.7 Å². The number of rotatable bonds is 9. The second kappa shape index (κ2) is 8.07. The number of hydrogen-bond donors (Lipinski definition) is 1. The largest absolute Gasteiger partial charge is 0.385 e. The monoisotopic (exact) mass is 362 g/mol. The van der Waals surface area contributed by atoms with Gasteiger partial charge in [-0.1, -0.05) is 42.5 Å². The number of carbonyl (C=O) groups excluding carboxylic acids is 1. The maximum Gasteiger partial charge on any atom is 0.195 e. The number of hydrogen-bond acceptors (Lipinski definition) is 3. The summed E-state index contributed by atoms with van der Waals surface area (Å²) in [6.45, 7) is 2.43. The van der Waals surface area contributed by atoms with Gasteiger partial charge in [-0.2, -0.15) is 0 Å². The van der Waals surface area contributed by atoms with Gasteiger partial charge in [0.2, 0.25) is 0 Å². The van der Waals surface area contributed by atoms with Crippen LogP contribution in [0.2, 0.25) is 0 Å². The summed E-state index contributed by atoms with van der Waals surface area (Å²) in [6, 6.07) is 16.7. The van der Waals surface area contributed by atoms with E-state index >= 15 is 0 Å². The van der Waals surface area contributed by atoms with Crippen molar-refractivity contribution in [2.24, 2.45) is 0 Å². The van der Waals surface area contributed by atoms with Crippen LogP contribution in [-0.2, 0) is 17.8 Å². The van der Waals surface area contributed by atoms with E-state index in [1.165, 1.54) is 18.4 Å². The molecule has 1 aliphatic carbocycles. The quantitative estimate of drug-likeness (QED) is 0.459. The van der Waals surface area contributed by atoms with Gasteiger partial charge in [0, 0.05) is 61.1 Å². The lowest BCUT2D eigenvalue weighted by Crippen LogP contribution is -2.15. The number of fused-ring (bicyclic) bond motifs is 1. The molecule has 4 rings (SSSR count). The summed E-state index contributed by atoms with van der Waals surface area (Å²) in [5, 5.41) is 4.59. The molecule has 0 atom stereocenters. The van der Waals surface area contributed by atoms with E-state index in [2.05, 4.69) is 28.1 Å². The molecule has 1 aliphatic rings. The summed E-state index contributed by atoms with van der Waals surface area (Å²) in [6.07, 6.45) is 5.49. The fourth-order valence-electron chi connectivity index (χ4n) is 3.49. The lowest BCUT2D eigenvalue weighted by atomic mass is 10.0. The van der Waals surface area contributed by atoms with Crippen molar-refractivity contribution < 1.29 is 9.53 Å². The molecule has 0 bridgehead atoms. The molecule has 140 valence electrons. The fraction of sp³-hybridized carbons (Fsp3) is 0.348. The Morgan fingerprint density at radius 1 is 1.19 bits per heavy atom. The van der Waals surface area contributed by atoms with Gasteiger partial charge in [0.25, 0.3) is 0 Å². The molecule has 0 spiro atoms. The Balaban J connectivity index is 1.68. The average Bonchev–Trinajstić information content (AvgIpc) is 3.48. The number of aromatic nitrogens is 1. The fourth-order valence-corrected chi connectivity index (χ4v) is 3.49. The van der Waals surface area contributed by atoms with E-state index in [4.69, 9.17) is 4.74 Å². The first-order valence-corrected chi connectivity index (χ1v) is 9.70. The van der Waals surface area contributed by atoms with Crippen LogP contribution < -0.4 is 5.32 Å². The number of carbonyl (C=O) groups is 1. The number of benzene rings is 2. The topological polar surface area (TPSA) is 43.3 Å². The standard InChI is InChI=1S/C23H26N2O2/c1-27-13-5-12-25-16-21(23(26)18-6-3-2-4-7-18)20-11-8-17(14-22(20)25)15-24-19-9-10-19/h2-4,6-8,11,14,16,19,24H,5,9-10,12-13,15H2,1H3. The van der Waals surface area contributed by atoms with Crippen molar-refractivity contribution >= 4 is 16.7 Å². The number of ether oxygens (including phenoxy) is 1. The van der Waals surface area contributed by atoms with Crippen LogP contribution in [0.15, 0.2) is 54.7 Å². The number of nitrogens with zero attached hydrogens (tertiary/aromatic N) is 1. The van der Waals surface area contributed by atoms with E-state index in [0.717, 1.165) is 41.5 Å². The smallest absolute Gasteiger partial charge is 0.195 e. The molecule has 4 heteroatoms. The first kappa shape index (κ1) is 18.0. The third-order valence-electron chi connectivity index (χ3n) is 5.15. The van der Waals surface area contributed by atoms with E-state index in [0.29, 0.717) is 12.6 Å². The van der Waals surface area contributed by atoms with Crippen molar-refractivity contribution in [3.63, 3.8) is 0 Å². The molecule has 0 saturated heterocycles. The van der Waals surface area contributed by atoms with Crippen LogP contribution in [-0.4, -0.2) is 30.1 Å². The zero-order chi connectivity index (χ0) is 18.6. The van der Waals surface area contributed by atoms with Crippen LogP contribution in [0.25, 0.3) is 10.9 Å². The molecule has 2 aromatic carbocycles. The highest BCUT2D eigenvalue weighted by molar-refractivity contribution is 6.16. The molecule has 1 saturated carbocycles. The zero-order valence-electron chi connectivity index (χ0n) is 15.8. The Labute approximate surface area is 160 Å². The first-order chi connectivity index (χ1) is 13.3. The van der Waals surface area contributed by atoms with Crippen LogP contribution in [0.5, 0.6) is 0 Å². The molecule has 0 amide bonds. The summed E-state index contributed by atoms with van der Waals surface area (Å²) in [4.78, 5) is 13.1. The molecule has 0 aliphatic heterocycles. The third kappa shape index (κ3) is 4.12. The molecule has 0 unspecified atom stereocenters. The third-order valence-corrected chi connectivity index (χ3v) is 5.15. The highest BCUT2D eigenvalue weighted by atomic mass is 16.5. The molecule has 27 heavy (non-hydrogen) atoms. The molecule has 1 heterocycles. The Hall–Kier alpha value is -2.43. The summed E-state index contributed by atoms with van der Waals surface area (Å²) >= 11 is 0. The minimum atomic E-state index is 0.0787. The van der Waals surface area contributed by atoms with Crippen molar-refractivity contribution in [1.82, 2.24) is 9.88 Å². The zero-order valence-corrected chi connectivity index (χ0v) is 15.8. The summed E-state index contributed by atoms with van der Waals surface area (Å²) in [5.41, 5.74) is 3.89. The van der Waals surface area contributed by atoms with Crippen molar-refractivity contribution in [3.05, 3.63) is 71.4 Å². The van der Waals surface area contributed by atoms with Crippen LogP contribution in [0.3, 0.4) is 0 Å². The van der Waals surface area contributed by atoms with Gasteiger partial charge in [-0.05, 0) is 30.9 Å². The van der Waals surface area contributed by atoms with E-state index in [-0.39, 0.29) is 5.78 Å². The number of ketones is 1. The van der Waals surface area contributed by atoms with Crippen LogP contribution >= 0.6 is 0 Å². The average molecular weight is 362 g/mol. The molecular formula is C23H26N2O2. The van der Waals surface area contributed by atoms with Gasteiger partial charge in [0.15, 0.2) is 5.78 Å². The van der Waals surface area contributed by atoms with Gasteiger partial charge in [-0.3, -0.25) is 4.79 Å². The molecule has 4 nitrogen and oxygen atoms in total. The Morgan fingerprint density at radius 2 is 2.00 bits per heavy atom. The maximum absolute atomic E-state index is 13.1. The first-order valence-electron chi connectivity index (χ1n) is 9.70. The predicted octanol–water partition coefficient (Wildman–Crippen LogP) is 4.16. The summed E-state index contributed by atoms with van der Waals surface area (Å²) < 4.78 is 7.40. The van der Waals surface area contributed by atoms with Crippen molar-refractivity contribution in [2.45, 2.75) is 38.4 Å². The highest BCUT2D eigenvalue weighted by Gasteiger charge is 2.21. The van der Waals surface area contributed by atoms with Gasteiger partial charge in [-0.15, -0.1) is 0 Å². The van der Waals surface area contributed by atoms with Gasteiger partial charge < -0.3 is 14.6 Å². The molecular weight excluding hydrogens is 336 g/mol. The Bertz CT molecular complexity index is 926.